The summed E-state index contributed by atoms with van der Waals surface area (Å²) in [5.41, 5.74) is 8.67. The van der Waals surface area contributed by atoms with E-state index in [4.69, 9.17) is 15.2 Å². The van der Waals surface area contributed by atoms with Crippen molar-refractivity contribution in [3.63, 3.8) is 0 Å². The first-order valence-corrected chi connectivity index (χ1v) is 6.42. The Morgan fingerprint density at radius 3 is 2.58 bits per heavy atom. The summed E-state index contributed by atoms with van der Waals surface area (Å²) in [4.78, 5) is 4.68. The van der Waals surface area contributed by atoms with Crippen LogP contribution in [0.4, 0.5) is 0 Å². The lowest BCUT2D eigenvalue weighted by Crippen LogP contribution is -2.02. The number of rotatable bonds is 5. The fourth-order valence-corrected chi connectivity index (χ4v) is 2.19. The van der Waals surface area contributed by atoms with Gasteiger partial charge in [0.15, 0.2) is 0 Å². The molecule has 0 saturated carbocycles. The summed E-state index contributed by atoms with van der Waals surface area (Å²) in [7, 11) is 3.30. The largest absolute Gasteiger partial charge is 0.497 e. The van der Waals surface area contributed by atoms with Crippen molar-refractivity contribution in [2.24, 2.45) is 5.73 Å². The van der Waals surface area contributed by atoms with Crippen molar-refractivity contribution < 1.29 is 9.47 Å². The highest BCUT2D eigenvalue weighted by molar-refractivity contribution is 5.89. The molecule has 4 heteroatoms. The molecule has 2 aromatic rings. The van der Waals surface area contributed by atoms with Crippen molar-refractivity contribution in [1.82, 2.24) is 4.98 Å². The van der Waals surface area contributed by atoms with Crippen LogP contribution in [0.15, 0.2) is 18.2 Å². The second-order valence-corrected chi connectivity index (χ2v) is 4.55. The molecule has 0 aliphatic rings. The lowest BCUT2D eigenvalue weighted by molar-refractivity contribution is 0.397. The smallest absolute Gasteiger partial charge is 0.148 e. The topological polar surface area (TPSA) is 57.4 Å². The molecule has 0 unspecified atom stereocenters. The molecule has 0 spiro atoms. The van der Waals surface area contributed by atoms with Crippen LogP contribution in [-0.4, -0.2) is 25.7 Å². The van der Waals surface area contributed by atoms with Crippen molar-refractivity contribution in [2.75, 3.05) is 20.8 Å². The SMILES string of the molecule is COc1cc(OC)c2nc(CCCN)cc(C)c2c1. The van der Waals surface area contributed by atoms with Crippen LogP contribution in [0.25, 0.3) is 10.9 Å². The van der Waals surface area contributed by atoms with Gasteiger partial charge in [-0.1, -0.05) is 0 Å². The number of aryl methyl sites for hydroxylation is 2. The van der Waals surface area contributed by atoms with Crippen molar-refractivity contribution >= 4 is 10.9 Å². The van der Waals surface area contributed by atoms with Crippen molar-refractivity contribution in [3.05, 3.63) is 29.5 Å². The van der Waals surface area contributed by atoms with Gasteiger partial charge in [-0.3, -0.25) is 0 Å². The Bertz CT molecular complexity index is 582. The molecule has 102 valence electrons. The van der Waals surface area contributed by atoms with E-state index in [1.807, 2.05) is 12.1 Å². The number of nitrogens with zero attached hydrogens (tertiary/aromatic N) is 1. The molecule has 0 saturated heterocycles. The van der Waals surface area contributed by atoms with E-state index < -0.39 is 0 Å². The fraction of sp³-hybridized carbons (Fsp3) is 0.400. The molecule has 0 fully saturated rings. The first-order valence-electron chi connectivity index (χ1n) is 6.42. The van der Waals surface area contributed by atoms with Crippen LogP contribution in [0.5, 0.6) is 11.5 Å². The number of aromatic nitrogens is 1. The van der Waals surface area contributed by atoms with Gasteiger partial charge in [-0.2, -0.15) is 0 Å². The molecular weight excluding hydrogens is 240 g/mol. The highest BCUT2D eigenvalue weighted by atomic mass is 16.5. The Morgan fingerprint density at radius 2 is 1.95 bits per heavy atom. The Hall–Kier alpha value is -1.81. The average Bonchev–Trinajstić information content (AvgIpc) is 2.44. The molecule has 0 atom stereocenters. The zero-order chi connectivity index (χ0) is 13.8. The summed E-state index contributed by atoms with van der Waals surface area (Å²) in [5.74, 6) is 1.52. The molecule has 2 rings (SSSR count). The van der Waals surface area contributed by atoms with Gasteiger partial charge in [0, 0.05) is 17.1 Å². The highest BCUT2D eigenvalue weighted by Gasteiger charge is 2.10. The van der Waals surface area contributed by atoms with Crippen LogP contribution in [0.3, 0.4) is 0 Å². The Labute approximate surface area is 113 Å². The van der Waals surface area contributed by atoms with Gasteiger partial charge in [0.25, 0.3) is 0 Å². The monoisotopic (exact) mass is 260 g/mol. The van der Waals surface area contributed by atoms with Crippen molar-refractivity contribution in [1.29, 1.82) is 0 Å². The van der Waals surface area contributed by atoms with Crippen LogP contribution in [0, 0.1) is 6.92 Å². The normalized spacial score (nSPS) is 10.7. The highest BCUT2D eigenvalue weighted by Crippen LogP contribution is 2.32. The summed E-state index contributed by atoms with van der Waals surface area (Å²) in [6.45, 7) is 2.76. The molecule has 2 N–H and O–H groups in total. The van der Waals surface area contributed by atoms with Crippen LogP contribution >= 0.6 is 0 Å². The zero-order valence-corrected chi connectivity index (χ0v) is 11.7. The van der Waals surface area contributed by atoms with E-state index in [1.165, 1.54) is 5.56 Å². The first kappa shape index (κ1) is 13.6. The molecule has 0 bridgehead atoms. The van der Waals surface area contributed by atoms with E-state index in [9.17, 15) is 0 Å². The average molecular weight is 260 g/mol. The second-order valence-electron chi connectivity index (χ2n) is 4.55. The Kier molecular flexibility index (Phi) is 4.22. The van der Waals surface area contributed by atoms with Crippen LogP contribution in [-0.2, 0) is 6.42 Å². The second kappa shape index (κ2) is 5.89. The van der Waals surface area contributed by atoms with Crippen LogP contribution in [0.1, 0.15) is 17.7 Å². The molecule has 1 heterocycles. The molecule has 19 heavy (non-hydrogen) atoms. The number of hydrogen-bond acceptors (Lipinski definition) is 4. The number of methoxy groups -OCH3 is 2. The molecule has 4 nitrogen and oxygen atoms in total. The molecule has 0 aliphatic heterocycles. The van der Waals surface area contributed by atoms with E-state index in [0.717, 1.165) is 40.9 Å². The van der Waals surface area contributed by atoms with E-state index in [1.54, 1.807) is 14.2 Å². The van der Waals surface area contributed by atoms with Gasteiger partial charge in [-0.05, 0) is 44.0 Å². The quantitative estimate of drug-likeness (QED) is 0.897. The number of benzene rings is 1. The molecule has 0 amide bonds. The van der Waals surface area contributed by atoms with Gasteiger partial charge in [0.2, 0.25) is 0 Å². The van der Waals surface area contributed by atoms with Gasteiger partial charge in [0.05, 0.1) is 14.2 Å². The predicted octanol–water partition coefficient (Wildman–Crippen LogP) is 2.45. The predicted molar refractivity (Wildman–Crippen MR) is 77.0 cm³/mol. The van der Waals surface area contributed by atoms with Crippen LogP contribution in [0.2, 0.25) is 0 Å². The number of ether oxygens (including phenoxy) is 2. The van der Waals surface area contributed by atoms with Crippen molar-refractivity contribution in [2.45, 2.75) is 19.8 Å². The summed E-state index contributed by atoms with van der Waals surface area (Å²) >= 11 is 0. The lowest BCUT2D eigenvalue weighted by Gasteiger charge is -2.11. The van der Waals surface area contributed by atoms with E-state index in [-0.39, 0.29) is 0 Å². The van der Waals surface area contributed by atoms with E-state index in [0.29, 0.717) is 6.54 Å². The summed E-state index contributed by atoms with van der Waals surface area (Å²) in [6, 6.07) is 5.96. The third-order valence-corrected chi connectivity index (χ3v) is 3.20. The van der Waals surface area contributed by atoms with Crippen LogP contribution < -0.4 is 15.2 Å². The van der Waals surface area contributed by atoms with E-state index in [2.05, 4.69) is 18.0 Å². The van der Waals surface area contributed by atoms with Gasteiger partial charge in [-0.15, -0.1) is 0 Å². The van der Waals surface area contributed by atoms with Gasteiger partial charge in [0.1, 0.15) is 17.0 Å². The molecular formula is C15H20N2O2. The summed E-state index contributed by atoms with van der Waals surface area (Å²) in [6.07, 6.45) is 1.83. The Morgan fingerprint density at radius 1 is 1.16 bits per heavy atom. The molecule has 0 aliphatic carbocycles. The van der Waals surface area contributed by atoms with Gasteiger partial charge >= 0.3 is 0 Å². The van der Waals surface area contributed by atoms with Gasteiger partial charge in [-0.25, -0.2) is 4.98 Å². The standard InChI is InChI=1S/C15H20N2O2/c1-10-7-11(5-4-6-16)17-15-13(10)8-12(18-2)9-14(15)19-3/h7-9H,4-6,16H2,1-3H3. The first-order chi connectivity index (χ1) is 9.19. The van der Waals surface area contributed by atoms with Gasteiger partial charge < -0.3 is 15.2 Å². The molecule has 1 aromatic heterocycles. The summed E-state index contributed by atoms with van der Waals surface area (Å²) < 4.78 is 10.7. The maximum atomic E-state index is 5.55. The number of nitrogens with two attached hydrogens (primary N) is 1. The minimum absolute atomic E-state index is 0.679. The number of pyridine rings is 1. The maximum absolute atomic E-state index is 5.55. The zero-order valence-electron chi connectivity index (χ0n) is 11.7. The Balaban J connectivity index is 2.58. The minimum Gasteiger partial charge on any atom is -0.497 e. The molecule has 0 radical (unpaired) electrons. The third-order valence-electron chi connectivity index (χ3n) is 3.20. The van der Waals surface area contributed by atoms with Crippen molar-refractivity contribution in [3.8, 4) is 11.5 Å². The summed E-state index contributed by atoms with van der Waals surface area (Å²) in [5, 5.41) is 1.06. The number of fused-ring (bicyclic) bond motifs is 1. The fourth-order valence-electron chi connectivity index (χ4n) is 2.19. The van der Waals surface area contributed by atoms with E-state index >= 15 is 0 Å². The third kappa shape index (κ3) is 2.79. The minimum atomic E-state index is 0.679. The lowest BCUT2D eigenvalue weighted by atomic mass is 10.1. The maximum Gasteiger partial charge on any atom is 0.148 e. The number of hydrogen-bond donors (Lipinski definition) is 1. The molecule has 1 aromatic carbocycles.